The van der Waals surface area contributed by atoms with E-state index >= 15 is 0 Å². The molecule has 0 bridgehead atoms. The van der Waals surface area contributed by atoms with E-state index in [4.69, 9.17) is 10.2 Å². The molecule has 0 aliphatic rings. The number of anilines is 1. The number of hydrogen-bond acceptors (Lipinski definition) is 4. The number of halogens is 1. The van der Waals surface area contributed by atoms with Crippen LogP contribution in [0.3, 0.4) is 0 Å². The average molecular weight is 296 g/mol. The molecule has 0 spiro atoms. The lowest BCUT2D eigenvalue weighted by atomic mass is 9.95. The first kappa shape index (κ1) is 12.1. The molecule has 2 heterocycles. The minimum Gasteiger partial charge on any atom is -0.461 e. The molecule has 0 unspecified atom stereocenters. The number of nitrogen functional groups attached to an aromatic ring is 1. The summed E-state index contributed by atoms with van der Waals surface area (Å²) in [5.74, 6) is 1.82. The Morgan fingerprint density at radius 3 is 2.53 bits per heavy atom. The molecule has 2 rings (SSSR count). The van der Waals surface area contributed by atoms with Gasteiger partial charge < -0.3 is 10.2 Å². The van der Waals surface area contributed by atoms with Gasteiger partial charge in [-0.3, -0.25) is 0 Å². The largest absolute Gasteiger partial charge is 0.461 e. The van der Waals surface area contributed by atoms with E-state index in [0.29, 0.717) is 23.1 Å². The van der Waals surface area contributed by atoms with E-state index in [0.717, 1.165) is 4.47 Å². The van der Waals surface area contributed by atoms with Crippen molar-refractivity contribution in [1.82, 2.24) is 9.97 Å². The van der Waals surface area contributed by atoms with Gasteiger partial charge in [0.05, 0.1) is 10.7 Å². The summed E-state index contributed by atoms with van der Waals surface area (Å²) in [5.41, 5.74) is 6.35. The summed E-state index contributed by atoms with van der Waals surface area (Å²) < 4.78 is 6.24. The van der Waals surface area contributed by atoms with Gasteiger partial charge in [0, 0.05) is 11.5 Å². The summed E-state index contributed by atoms with van der Waals surface area (Å²) in [4.78, 5) is 8.75. The van der Waals surface area contributed by atoms with Gasteiger partial charge in [-0.1, -0.05) is 20.8 Å². The van der Waals surface area contributed by atoms with Crippen LogP contribution in [0.2, 0.25) is 0 Å². The van der Waals surface area contributed by atoms with Gasteiger partial charge in [-0.25, -0.2) is 9.97 Å². The Labute approximate surface area is 108 Å². The van der Waals surface area contributed by atoms with E-state index in [1.54, 1.807) is 12.3 Å². The zero-order valence-electron chi connectivity index (χ0n) is 9.99. The maximum atomic E-state index is 5.80. The lowest BCUT2D eigenvalue weighted by Crippen LogP contribution is -2.17. The van der Waals surface area contributed by atoms with Crippen molar-refractivity contribution in [3.8, 4) is 11.5 Å². The fraction of sp³-hybridized carbons (Fsp3) is 0.333. The third-order valence-electron chi connectivity index (χ3n) is 2.27. The van der Waals surface area contributed by atoms with Crippen LogP contribution in [-0.4, -0.2) is 9.97 Å². The molecule has 0 aliphatic carbocycles. The fourth-order valence-electron chi connectivity index (χ4n) is 1.39. The molecule has 17 heavy (non-hydrogen) atoms. The molecule has 90 valence electrons. The first-order valence-electron chi connectivity index (χ1n) is 5.26. The van der Waals surface area contributed by atoms with Crippen LogP contribution >= 0.6 is 15.9 Å². The molecule has 0 aromatic carbocycles. The second kappa shape index (κ2) is 4.14. The van der Waals surface area contributed by atoms with Gasteiger partial charge in [0.25, 0.3) is 0 Å². The number of nitrogens with zero attached hydrogens (tertiary/aromatic N) is 2. The van der Waals surface area contributed by atoms with E-state index < -0.39 is 0 Å². The van der Waals surface area contributed by atoms with E-state index in [1.165, 1.54) is 0 Å². The number of hydrogen-bond donors (Lipinski definition) is 1. The van der Waals surface area contributed by atoms with E-state index in [1.807, 2.05) is 26.8 Å². The monoisotopic (exact) mass is 295 g/mol. The Morgan fingerprint density at radius 2 is 2.00 bits per heavy atom. The molecule has 0 saturated heterocycles. The van der Waals surface area contributed by atoms with Crippen LogP contribution in [0.25, 0.3) is 11.5 Å². The maximum Gasteiger partial charge on any atom is 0.166 e. The highest BCUT2D eigenvalue weighted by atomic mass is 79.9. The Kier molecular flexibility index (Phi) is 2.95. The van der Waals surface area contributed by atoms with Gasteiger partial charge in [0.2, 0.25) is 0 Å². The lowest BCUT2D eigenvalue weighted by Gasteiger charge is -2.17. The van der Waals surface area contributed by atoms with E-state index in [-0.39, 0.29) is 5.41 Å². The van der Waals surface area contributed by atoms with Crippen molar-refractivity contribution in [3.63, 3.8) is 0 Å². The van der Waals surface area contributed by atoms with Crippen LogP contribution in [-0.2, 0) is 5.41 Å². The van der Waals surface area contributed by atoms with Crippen LogP contribution in [0.15, 0.2) is 27.3 Å². The molecular weight excluding hydrogens is 282 g/mol. The van der Waals surface area contributed by atoms with Crippen LogP contribution < -0.4 is 5.73 Å². The van der Waals surface area contributed by atoms with Crippen molar-refractivity contribution >= 4 is 21.7 Å². The standard InChI is InChI=1S/C12H14BrN3O/c1-12(2,3)11-15-8(6-9(14)16-11)10-7(13)4-5-17-10/h4-6H,1-3H3,(H2,14,15,16). The summed E-state index contributed by atoms with van der Waals surface area (Å²) in [5, 5.41) is 0. The molecule has 0 amide bonds. The zero-order chi connectivity index (χ0) is 12.6. The molecule has 2 aromatic heterocycles. The quantitative estimate of drug-likeness (QED) is 0.876. The molecule has 0 fully saturated rings. The van der Waals surface area contributed by atoms with Crippen LogP contribution in [0.4, 0.5) is 5.82 Å². The molecule has 0 radical (unpaired) electrons. The minimum atomic E-state index is -0.150. The SMILES string of the molecule is CC(C)(C)c1nc(N)cc(-c2occc2Br)n1. The highest BCUT2D eigenvalue weighted by Crippen LogP contribution is 2.30. The molecule has 0 aliphatic heterocycles. The Balaban J connectivity index is 2.57. The number of aromatic nitrogens is 2. The Morgan fingerprint density at radius 1 is 1.29 bits per heavy atom. The second-order valence-electron chi connectivity index (χ2n) is 4.85. The normalized spacial score (nSPS) is 11.8. The van der Waals surface area contributed by atoms with Gasteiger partial charge in [0.15, 0.2) is 5.76 Å². The van der Waals surface area contributed by atoms with Gasteiger partial charge in [-0.05, 0) is 22.0 Å². The fourth-order valence-corrected chi connectivity index (χ4v) is 1.80. The van der Waals surface area contributed by atoms with Crippen LogP contribution in [0, 0.1) is 0 Å². The lowest BCUT2D eigenvalue weighted by molar-refractivity contribution is 0.542. The topological polar surface area (TPSA) is 64.9 Å². The Bertz CT molecular complexity index is 543. The highest BCUT2D eigenvalue weighted by Gasteiger charge is 2.20. The molecule has 5 heteroatoms. The van der Waals surface area contributed by atoms with Gasteiger partial charge in [0.1, 0.15) is 17.3 Å². The van der Waals surface area contributed by atoms with Gasteiger partial charge in [-0.15, -0.1) is 0 Å². The number of rotatable bonds is 1. The van der Waals surface area contributed by atoms with Crippen molar-refractivity contribution < 1.29 is 4.42 Å². The third kappa shape index (κ3) is 2.49. The second-order valence-corrected chi connectivity index (χ2v) is 5.70. The minimum absolute atomic E-state index is 0.150. The zero-order valence-corrected chi connectivity index (χ0v) is 11.6. The molecule has 2 aromatic rings. The summed E-state index contributed by atoms with van der Waals surface area (Å²) in [6.45, 7) is 6.13. The van der Waals surface area contributed by atoms with Crippen molar-refractivity contribution in [2.75, 3.05) is 5.73 Å². The van der Waals surface area contributed by atoms with Crippen LogP contribution in [0.5, 0.6) is 0 Å². The number of nitrogens with two attached hydrogens (primary N) is 1. The molecule has 4 nitrogen and oxygen atoms in total. The molecule has 2 N–H and O–H groups in total. The van der Waals surface area contributed by atoms with Crippen molar-refractivity contribution in [3.05, 3.63) is 28.7 Å². The van der Waals surface area contributed by atoms with Gasteiger partial charge >= 0.3 is 0 Å². The first-order chi connectivity index (χ1) is 7.88. The number of furan rings is 1. The van der Waals surface area contributed by atoms with E-state index in [9.17, 15) is 0 Å². The maximum absolute atomic E-state index is 5.80. The average Bonchev–Trinajstić information content (AvgIpc) is 2.62. The highest BCUT2D eigenvalue weighted by molar-refractivity contribution is 9.10. The van der Waals surface area contributed by atoms with E-state index in [2.05, 4.69) is 25.9 Å². The van der Waals surface area contributed by atoms with Crippen molar-refractivity contribution in [2.24, 2.45) is 0 Å². The summed E-state index contributed by atoms with van der Waals surface area (Å²) in [6, 6.07) is 3.53. The molecule has 0 atom stereocenters. The van der Waals surface area contributed by atoms with Crippen molar-refractivity contribution in [2.45, 2.75) is 26.2 Å². The summed E-state index contributed by atoms with van der Waals surface area (Å²) >= 11 is 3.41. The summed E-state index contributed by atoms with van der Waals surface area (Å²) in [7, 11) is 0. The van der Waals surface area contributed by atoms with Gasteiger partial charge in [-0.2, -0.15) is 0 Å². The Hall–Kier alpha value is -1.36. The molecular formula is C12H14BrN3O. The smallest absolute Gasteiger partial charge is 0.166 e. The third-order valence-corrected chi connectivity index (χ3v) is 2.89. The molecule has 0 saturated carbocycles. The van der Waals surface area contributed by atoms with Crippen molar-refractivity contribution in [1.29, 1.82) is 0 Å². The first-order valence-corrected chi connectivity index (χ1v) is 6.05. The van der Waals surface area contributed by atoms with Crippen LogP contribution in [0.1, 0.15) is 26.6 Å². The predicted octanol–water partition coefficient (Wildman–Crippen LogP) is 3.38. The predicted molar refractivity (Wildman–Crippen MR) is 70.5 cm³/mol. The summed E-state index contributed by atoms with van der Waals surface area (Å²) in [6.07, 6.45) is 1.61.